The smallest absolute Gasteiger partial charge is 0.811 e. The molecule has 0 saturated heterocycles. The molecule has 1 unspecified atom stereocenters. The zero-order valence-electron chi connectivity index (χ0n) is 15.2. The van der Waals surface area contributed by atoms with E-state index in [1.807, 2.05) is 4.57 Å². The van der Waals surface area contributed by atoms with Crippen LogP contribution in [-0.2, 0) is 9.30 Å². The van der Waals surface area contributed by atoms with Gasteiger partial charge in [0.1, 0.15) is 11.5 Å². The number of ether oxygens (including phenoxy) is 1. The average Bonchev–Trinajstić information content (AvgIpc) is 3.08. The molecule has 0 spiro atoms. The first kappa shape index (κ1) is 24.6. The SMILES string of the molecule is COC1N=C(N)Nc2c1ncn2[C@H]1CC[C@@](O)(CCP(=O)([O-])[O-])C1.[Na+].[Na+]. The number of fused-ring (bicyclic) bond motifs is 1. The monoisotopic (exact) mass is 403 g/mol. The van der Waals surface area contributed by atoms with Crippen LogP contribution in [-0.4, -0.2) is 39.5 Å². The Labute approximate surface area is 195 Å². The third kappa shape index (κ3) is 5.55. The maximum atomic E-state index is 10.8. The first-order chi connectivity index (χ1) is 11.2. The summed E-state index contributed by atoms with van der Waals surface area (Å²) in [5.41, 5.74) is 5.20. The van der Waals surface area contributed by atoms with Crippen LogP contribution in [0.2, 0.25) is 0 Å². The van der Waals surface area contributed by atoms with E-state index in [9.17, 15) is 19.5 Å². The van der Waals surface area contributed by atoms with Crippen LogP contribution >= 0.6 is 7.60 Å². The number of rotatable bonds is 5. The fourth-order valence-corrected chi connectivity index (χ4v) is 4.04. The van der Waals surface area contributed by atoms with Crippen molar-refractivity contribution in [2.75, 3.05) is 18.6 Å². The number of aliphatic hydroxyl groups is 1. The molecule has 0 radical (unpaired) electrons. The van der Waals surface area contributed by atoms with Crippen LogP contribution in [0.3, 0.4) is 0 Å². The maximum absolute atomic E-state index is 10.8. The standard InChI is InChI=1S/C13H22N5O5P.2Na/c1-23-11-9-10(16-12(14)17-11)18(7-15-9)8-2-3-13(19,6-8)4-5-24(20,21)22;;/h7-8,11,19H,2-6H2,1H3,(H3,14,16,17)(H2,20,21,22);;/q;2*+1/p-2/t8-,11?,13+;;/m0../s1. The van der Waals surface area contributed by atoms with Crippen molar-refractivity contribution in [1.82, 2.24) is 9.55 Å². The number of methoxy groups -OCH3 is 1. The number of hydrogen-bond acceptors (Lipinski definition) is 9. The number of guanidine groups is 1. The summed E-state index contributed by atoms with van der Waals surface area (Å²) in [5.74, 6) is 0.866. The van der Waals surface area contributed by atoms with Crippen molar-refractivity contribution in [3.63, 3.8) is 0 Å². The van der Waals surface area contributed by atoms with Gasteiger partial charge in [-0.05, 0) is 31.8 Å². The van der Waals surface area contributed by atoms with Crippen LogP contribution in [0, 0.1) is 0 Å². The van der Waals surface area contributed by atoms with Gasteiger partial charge in [0.15, 0.2) is 12.2 Å². The van der Waals surface area contributed by atoms with Crippen molar-refractivity contribution in [1.29, 1.82) is 0 Å². The molecule has 1 aromatic rings. The van der Waals surface area contributed by atoms with Crippen molar-refractivity contribution in [3.8, 4) is 0 Å². The molecule has 4 N–H and O–H groups in total. The van der Waals surface area contributed by atoms with Gasteiger partial charge in [-0.25, -0.2) is 9.98 Å². The van der Waals surface area contributed by atoms with E-state index in [-0.39, 0.29) is 77.5 Å². The number of anilines is 1. The Morgan fingerprint density at radius 3 is 2.85 bits per heavy atom. The van der Waals surface area contributed by atoms with E-state index in [2.05, 4.69) is 15.3 Å². The van der Waals surface area contributed by atoms with Gasteiger partial charge in [0.05, 0.1) is 11.9 Å². The molecule has 1 saturated carbocycles. The third-order valence-corrected chi connectivity index (χ3v) is 5.36. The van der Waals surface area contributed by atoms with Crippen molar-refractivity contribution >= 4 is 19.4 Å². The molecule has 1 aliphatic heterocycles. The fraction of sp³-hybridized carbons (Fsp3) is 0.692. The summed E-state index contributed by atoms with van der Waals surface area (Å²) in [6, 6.07) is -0.0835. The van der Waals surface area contributed by atoms with Crippen LogP contribution < -0.4 is 80.0 Å². The molecule has 1 fully saturated rings. The summed E-state index contributed by atoms with van der Waals surface area (Å²) < 4.78 is 17.9. The van der Waals surface area contributed by atoms with E-state index in [1.165, 1.54) is 7.11 Å². The predicted molar refractivity (Wildman–Crippen MR) is 82.2 cm³/mol. The number of nitrogens with one attached hydrogen (secondary N) is 1. The average molecular weight is 403 g/mol. The molecule has 26 heavy (non-hydrogen) atoms. The van der Waals surface area contributed by atoms with Crippen molar-refractivity contribution in [2.45, 2.75) is 43.6 Å². The van der Waals surface area contributed by atoms with Crippen LogP contribution in [0.15, 0.2) is 11.3 Å². The third-order valence-electron chi connectivity index (χ3n) is 4.58. The van der Waals surface area contributed by atoms with Crippen LogP contribution in [0.4, 0.5) is 5.82 Å². The molecule has 3 atom stereocenters. The number of aliphatic imine (C=N–C) groups is 1. The Kier molecular flexibility index (Phi) is 8.86. The minimum atomic E-state index is -4.62. The quantitative estimate of drug-likeness (QED) is 0.323. The minimum absolute atomic E-state index is 0. The zero-order valence-corrected chi connectivity index (χ0v) is 20.1. The molecule has 13 heteroatoms. The minimum Gasteiger partial charge on any atom is -0.811 e. The van der Waals surface area contributed by atoms with E-state index in [0.29, 0.717) is 30.8 Å². The van der Waals surface area contributed by atoms with E-state index in [0.717, 1.165) is 0 Å². The van der Waals surface area contributed by atoms with Gasteiger partial charge < -0.3 is 39.8 Å². The molecule has 134 valence electrons. The van der Waals surface area contributed by atoms with E-state index < -0.39 is 25.6 Å². The molecule has 10 nitrogen and oxygen atoms in total. The van der Waals surface area contributed by atoms with Crippen molar-refractivity contribution in [3.05, 3.63) is 12.0 Å². The summed E-state index contributed by atoms with van der Waals surface area (Å²) >= 11 is 0. The summed E-state index contributed by atoms with van der Waals surface area (Å²) in [6.45, 7) is 0. The zero-order chi connectivity index (χ0) is 17.5. The van der Waals surface area contributed by atoms with Gasteiger partial charge in [0, 0.05) is 13.2 Å². The molecule has 0 aromatic carbocycles. The molecular weight excluding hydrogens is 383 g/mol. The molecule has 2 aliphatic rings. The van der Waals surface area contributed by atoms with E-state index >= 15 is 0 Å². The molecule has 2 heterocycles. The van der Waals surface area contributed by atoms with Crippen molar-refractivity contribution in [2.24, 2.45) is 10.7 Å². The van der Waals surface area contributed by atoms with Crippen LogP contribution in [0.1, 0.15) is 43.6 Å². The first-order valence-corrected chi connectivity index (χ1v) is 9.37. The number of imidazole rings is 1. The van der Waals surface area contributed by atoms with E-state index in [4.69, 9.17) is 10.5 Å². The second-order valence-corrected chi connectivity index (χ2v) is 7.99. The first-order valence-electron chi connectivity index (χ1n) is 7.64. The fourth-order valence-electron chi connectivity index (χ4n) is 3.35. The van der Waals surface area contributed by atoms with Gasteiger partial charge in [0.2, 0.25) is 0 Å². The molecular formula is C13H20N5Na2O5P. The van der Waals surface area contributed by atoms with E-state index in [1.54, 1.807) is 6.33 Å². The van der Waals surface area contributed by atoms with Gasteiger partial charge in [-0.3, -0.25) is 0 Å². The van der Waals surface area contributed by atoms with Gasteiger partial charge in [-0.15, -0.1) is 0 Å². The number of nitrogens with zero attached hydrogens (tertiary/aromatic N) is 3. The molecule has 0 amide bonds. The maximum Gasteiger partial charge on any atom is 1.00 e. The van der Waals surface area contributed by atoms with Crippen LogP contribution in [0.5, 0.6) is 0 Å². The van der Waals surface area contributed by atoms with Gasteiger partial charge in [-0.1, -0.05) is 7.60 Å². The largest absolute Gasteiger partial charge is 1.00 e. The second-order valence-electron chi connectivity index (χ2n) is 6.32. The summed E-state index contributed by atoms with van der Waals surface area (Å²) in [6.07, 6.45) is 1.84. The Bertz CT molecular complexity index is 711. The molecule has 1 aromatic heterocycles. The Hall–Kier alpha value is 0.550. The molecule has 0 bridgehead atoms. The number of hydrogen-bond donors (Lipinski definition) is 3. The van der Waals surface area contributed by atoms with Gasteiger partial charge in [-0.2, -0.15) is 0 Å². The molecule has 3 rings (SSSR count). The Balaban J connectivity index is 0.00000169. The van der Waals surface area contributed by atoms with Gasteiger partial charge >= 0.3 is 59.1 Å². The normalized spacial score (nSPS) is 27.6. The van der Waals surface area contributed by atoms with Crippen molar-refractivity contribution < 1.29 is 83.3 Å². The summed E-state index contributed by atoms with van der Waals surface area (Å²) in [7, 11) is -3.11. The summed E-state index contributed by atoms with van der Waals surface area (Å²) in [4.78, 5) is 30.1. The summed E-state index contributed by atoms with van der Waals surface area (Å²) in [5, 5.41) is 13.5. The molecule has 1 aliphatic carbocycles. The predicted octanol–water partition coefficient (Wildman–Crippen LogP) is -6.96. The second kappa shape index (κ2) is 9.37. The number of aromatic nitrogens is 2. The Morgan fingerprint density at radius 1 is 1.54 bits per heavy atom. The van der Waals surface area contributed by atoms with Crippen LogP contribution in [0.25, 0.3) is 0 Å². The topological polar surface area (TPSA) is 161 Å². The van der Waals surface area contributed by atoms with Gasteiger partial charge in [0.25, 0.3) is 0 Å². The Morgan fingerprint density at radius 2 is 2.23 bits per heavy atom. The number of nitrogens with two attached hydrogens (primary N) is 1.